The molecule has 1 saturated heterocycles. The van der Waals surface area contributed by atoms with Crippen LogP contribution in [0.1, 0.15) is 36.0 Å². The van der Waals surface area contributed by atoms with Gasteiger partial charge in [0.05, 0.1) is 19.2 Å². The predicted molar refractivity (Wildman–Crippen MR) is 143 cm³/mol. The quantitative estimate of drug-likeness (QED) is 0.423. The number of hydrogen-bond acceptors (Lipinski definition) is 4. The largest absolute Gasteiger partial charge is 0.496 e. The van der Waals surface area contributed by atoms with Gasteiger partial charge in [0.1, 0.15) is 5.75 Å². The number of alkyl halides is 3. The minimum Gasteiger partial charge on any atom is -0.496 e. The molecule has 39 heavy (non-hydrogen) atoms. The standard InChI is InChI=1S/C30H32F3N3O3/c1-20(37)34-18-29(38)36-15-14-27(26(19-36)22-6-4-3-5-7-22)35-17-24-16-23(10-13-28(24)39-2)21-8-11-25(12-9-21)30(31,32)33/h3-13,16,26-27,35H,14-15,17-19H2,1-2H3,(H,34,37)/t26-,27-/m0/s1. The van der Waals surface area contributed by atoms with E-state index in [0.717, 1.165) is 28.8 Å². The van der Waals surface area contributed by atoms with Crippen LogP contribution in [-0.4, -0.2) is 49.5 Å². The second kappa shape index (κ2) is 12.3. The van der Waals surface area contributed by atoms with Gasteiger partial charge in [-0.3, -0.25) is 9.59 Å². The number of piperidine rings is 1. The van der Waals surface area contributed by atoms with Gasteiger partial charge in [0.2, 0.25) is 11.8 Å². The van der Waals surface area contributed by atoms with E-state index in [2.05, 4.69) is 10.6 Å². The fourth-order valence-corrected chi connectivity index (χ4v) is 4.96. The summed E-state index contributed by atoms with van der Waals surface area (Å²) in [5, 5.41) is 6.22. The number of amides is 2. The molecule has 1 heterocycles. The van der Waals surface area contributed by atoms with Gasteiger partial charge in [0.15, 0.2) is 0 Å². The molecular formula is C30H32F3N3O3. The molecule has 3 aromatic carbocycles. The lowest BCUT2D eigenvalue weighted by Crippen LogP contribution is -2.51. The van der Waals surface area contributed by atoms with Crippen molar-refractivity contribution in [1.29, 1.82) is 0 Å². The molecule has 206 valence electrons. The van der Waals surface area contributed by atoms with E-state index in [1.807, 2.05) is 48.5 Å². The third-order valence-electron chi connectivity index (χ3n) is 7.06. The summed E-state index contributed by atoms with van der Waals surface area (Å²) in [6, 6.07) is 20.8. The van der Waals surface area contributed by atoms with Crippen molar-refractivity contribution in [3.05, 3.63) is 89.5 Å². The topological polar surface area (TPSA) is 70.7 Å². The van der Waals surface area contributed by atoms with Crippen molar-refractivity contribution in [3.8, 4) is 16.9 Å². The first-order chi connectivity index (χ1) is 18.7. The van der Waals surface area contributed by atoms with Crippen LogP contribution in [0, 0.1) is 0 Å². The number of rotatable bonds is 8. The molecule has 0 aliphatic carbocycles. The molecule has 0 saturated carbocycles. The number of carbonyl (C=O) groups is 2. The van der Waals surface area contributed by atoms with Crippen molar-refractivity contribution in [1.82, 2.24) is 15.5 Å². The SMILES string of the molecule is COc1ccc(-c2ccc(C(F)(F)F)cc2)cc1CN[C@H]1CCN(C(=O)CNC(C)=O)C[C@H]1c1ccccc1. The zero-order valence-electron chi connectivity index (χ0n) is 21.9. The van der Waals surface area contributed by atoms with Crippen LogP contribution in [0.4, 0.5) is 13.2 Å². The second-order valence-electron chi connectivity index (χ2n) is 9.64. The summed E-state index contributed by atoms with van der Waals surface area (Å²) in [6.07, 6.45) is -3.67. The van der Waals surface area contributed by atoms with E-state index in [-0.39, 0.29) is 30.3 Å². The van der Waals surface area contributed by atoms with E-state index >= 15 is 0 Å². The fraction of sp³-hybridized carbons (Fsp3) is 0.333. The molecule has 6 nitrogen and oxygen atoms in total. The average molecular weight is 540 g/mol. The highest BCUT2D eigenvalue weighted by Gasteiger charge is 2.32. The summed E-state index contributed by atoms with van der Waals surface area (Å²) in [6.45, 7) is 2.91. The van der Waals surface area contributed by atoms with Crippen LogP contribution in [0.2, 0.25) is 0 Å². The molecule has 0 radical (unpaired) electrons. The van der Waals surface area contributed by atoms with E-state index in [4.69, 9.17) is 4.74 Å². The van der Waals surface area contributed by atoms with Crippen LogP contribution in [0.25, 0.3) is 11.1 Å². The van der Waals surface area contributed by atoms with E-state index < -0.39 is 11.7 Å². The van der Waals surface area contributed by atoms with Crippen LogP contribution in [0.3, 0.4) is 0 Å². The first kappa shape index (κ1) is 28.2. The van der Waals surface area contributed by atoms with Gasteiger partial charge in [-0.2, -0.15) is 13.2 Å². The average Bonchev–Trinajstić information content (AvgIpc) is 2.94. The maximum Gasteiger partial charge on any atom is 0.416 e. The Labute approximate surface area is 226 Å². The molecule has 1 aliphatic heterocycles. The normalized spacial score (nSPS) is 17.5. The summed E-state index contributed by atoms with van der Waals surface area (Å²) in [7, 11) is 1.59. The summed E-state index contributed by atoms with van der Waals surface area (Å²) >= 11 is 0. The van der Waals surface area contributed by atoms with Gasteiger partial charge in [-0.25, -0.2) is 0 Å². The molecule has 9 heteroatoms. The number of nitrogens with one attached hydrogen (secondary N) is 2. The Bertz CT molecular complexity index is 1280. The fourth-order valence-electron chi connectivity index (χ4n) is 4.96. The van der Waals surface area contributed by atoms with Crippen molar-refractivity contribution in [2.45, 2.75) is 38.0 Å². The number of halogens is 3. The number of benzene rings is 3. The van der Waals surface area contributed by atoms with E-state index in [1.165, 1.54) is 19.1 Å². The highest BCUT2D eigenvalue weighted by atomic mass is 19.4. The number of methoxy groups -OCH3 is 1. The third-order valence-corrected chi connectivity index (χ3v) is 7.06. The lowest BCUT2D eigenvalue weighted by molar-refractivity contribution is -0.137. The summed E-state index contributed by atoms with van der Waals surface area (Å²) in [5.74, 6) is 0.352. The monoisotopic (exact) mass is 539 g/mol. The Morgan fingerprint density at radius 2 is 1.69 bits per heavy atom. The molecule has 1 aliphatic rings. The Kier molecular flexibility index (Phi) is 8.91. The van der Waals surface area contributed by atoms with Crippen LogP contribution in [0.15, 0.2) is 72.8 Å². The van der Waals surface area contributed by atoms with E-state index in [9.17, 15) is 22.8 Å². The molecule has 2 N–H and O–H groups in total. The zero-order valence-corrected chi connectivity index (χ0v) is 21.9. The maximum atomic E-state index is 13.0. The highest BCUT2D eigenvalue weighted by Crippen LogP contribution is 2.33. The van der Waals surface area contributed by atoms with Gasteiger partial charge in [-0.1, -0.05) is 48.5 Å². The van der Waals surface area contributed by atoms with Crippen LogP contribution in [-0.2, 0) is 22.3 Å². The Morgan fingerprint density at radius 1 is 1.00 bits per heavy atom. The van der Waals surface area contributed by atoms with Gasteiger partial charge in [-0.15, -0.1) is 0 Å². The van der Waals surface area contributed by atoms with Crippen molar-refractivity contribution in [3.63, 3.8) is 0 Å². The highest BCUT2D eigenvalue weighted by molar-refractivity contribution is 5.83. The van der Waals surface area contributed by atoms with Crippen molar-refractivity contribution in [2.24, 2.45) is 0 Å². The minimum atomic E-state index is -4.38. The Balaban J connectivity index is 1.51. The number of likely N-dealkylation sites (tertiary alicyclic amines) is 1. The van der Waals surface area contributed by atoms with Gasteiger partial charge < -0.3 is 20.3 Å². The first-order valence-corrected chi connectivity index (χ1v) is 12.8. The second-order valence-corrected chi connectivity index (χ2v) is 9.64. The molecule has 3 aromatic rings. The Morgan fingerprint density at radius 3 is 2.33 bits per heavy atom. The predicted octanol–water partition coefficient (Wildman–Crippen LogP) is 4.99. The Hall–Kier alpha value is -3.85. The third kappa shape index (κ3) is 7.17. The number of carbonyl (C=O) groups excluding carboxylic acids is 2. The van der Waals surface area contributed by atoms with Gasteiger partial charge >= 0.3 is 6.18 Å². The lowest BCUT2D eigenvalue weighted by atomic mass is 9.85. The molecule has 0 aromatic heterocycles. The van der Waals surface area contributed by atoms with E-state index in [1.54, 1.807) is 12.0 Å². The van der Waals surface area contributed by atoms with Crippen molar-refractivity contribution in [2.75, 3.05) is 26.7 Å². The maximum absolute atomic E-state index is 13.0. The van der Waals surface area contributed by atoms with Gasteiger partial charge in [0.25, 0.3) is 0 Å². The zero-order chi connectivity index (χ0) is 28.0. The molecule has 4 rings (SSSR count). The van der Waals surface area contributed by atoms with Gasteiger partial charge in [-0.05, 0) is 47.4 Å². The van der Waals surface area contributed by atoms with Gasteiger partial charge in [0, 0.05) is 44.1 Å². The van der Waals surface area contributed by atoms with Crippen LogP contribution < -0.4 is 15.4 Å². The molecule has 0 spiro atoms. The van der Waals surface area contributed by atoms with Crippen LogP contribution >= 0.6 is 0 Å². The summed E-state index contributed by atoms with van der Waals surface area (Å²) < 4.78 is 44.5. The van der Waals surface area contributed by atoms with E-state index in [0.29, 0.717) is 37.4 Å². The molecule has 2 amide bonds. The summed E-state index contributed by atoms with van der Waals surface area (Å²) in [4.78, 5) is 25.8. The van der Waals surface area contributed by atoms with Crippen molar-refractivity contribution >= 4 is 11.8 Å². The summed E-state index contributed by atoms with van der Waals surface area (Å²) in [5.41, 5.74) is 2.78. The lowest BCUT2D eigenvalue weighted by Gasteiger charge is -2.39. The number of ether oxygens (including phenoxy) is 1. The van der Waals surface area contributed by atoms with Crippen molar-refractivity contribution < 1.29 is 27.5 Å². The molecule has 1 fully saturated rings. The molecule has 2 atom stereocenters. The minimum absolute atomic E-state index is 0.0249. The molecule has 0 bridgehead atoms. The first-order valence-electron chi connectivity index (χ1n) is 12.8. The number of nitrogens with zero attached hydrogens (tertiary/aromatic N) is 1. The van der Waals surface area contributed by atoms with Crippen LogP contribution in [0.5, 0.6) is 5.75 Å². The molecule has 0 unspecified atom stereocenters. The number of hydrogen-bond donors (Lipinski definition) is 2. The smallest absolute Gasteiger partial charge is 0.416 e. The molecular weight excluding hydrogens is 507 g/mol.